The molecule has 1 fully saturated rings. The number of aromatic nitrogens is 2. The molecule has 2 N–H and O–H groups in total. The first-order valence-corrected chi connectivity index (χ1v) is 12.0. The number of benzene rings is 2. The minimum Gasteiger partial charge on any atom is -0.485 e. The topological polar surface area (TPSA) is 116 Å². The molecule has 2 amide bonds. The molecule has 38 heavy (non-hydrogen) atoms. The Morgan fingerprint density at radius 3 is 2.50 bits per heavy atom. The van der Waals surface area contributed by atoms with Crippen LogP contribution in [-0.2, 0) is 9.53 Å². The summed E-state index contributed by atoms with van der Waals surface area (Å²) in [6.45, 7) is 1.94. The van der Waals surface area contributed by atoms with Gasteiger partial charge < -0.3 is 24.5 Å². The third kappa shape index (κ3) is 5.87. The maximum absolute atomic E-state index is 15.2. The van der Waals surface area contributed by atoms with E-state index in [1.807, 2.05) is 0 Å². The molecular formula is C24H21Cl2F3N4O5. The maximum Gasteiger partial charge on any atom is 0.309 e. The van der Waals surface area contributed by atoms with Gasteiger partial charge in [0.05, 0.1) is 24.3 Å². The Labute approximate surface area is 224 Å². The van der Waals surface area contributed by atoms with Gasteiger partial charge in [-0.1, -0.05) is 35.3 Å². The van der Waals surface area contributed by atoms with Gasteiger partial charge in [0.2, 0.25) is 5.89 Å². The molecule has 9 nitrogen and oxygen atoms in total. The normalized spacial score (nSPS) is 15.1. The Morgan fingerprint density at radius 2 is 1.92 bits per heavy atom. The summed E-state index contributed by atoms with van der Waals surface area (Å²) in [5.41, 5.74) is -0.794. The van der Waals surface area contributed by atoms with E-state index in [1.54, 1.807) is 6.92 Å². The zero-order chi connectivity index (χ0) is 27.6. The number of hydrogen-bond acceptors (Lipinski definition) is 7. The van der Waals surface area contributed by atoms with Crippen molar-refractivity contribution >= 4 is 35.0 Å². The van der Waals surface area contributed by atoms with Gasteiger partial charge in [-0.05, 0) is 30.7 Å². The lowest BCUT2D eigenvalue weighted by atomic mass is 9.94. The molecule has 0 bridgehead atoms. The fourth-order valence-corrected chi connectivity index (χ4v) is 4.30. The molecule has 202 valence electrons. The van der Waals surface area contributed by atoms with Crippen LogP contribution < -0.4 is 15.4 Å². The second-order valence-corrected chi connectivity index (χ2v) is 9.40. The van der Waals surface area contributed by atoms with Crippen LogP contribution in [0.3, 0.4) is 0 Å². The molecule has 0 radical (unpaired) electrons. The fraction of sp³-hybridized carbons (Fsp3) is 0.333. The van der Waals surface area contributed by atoms with E-state index < -0.39 is 42.2 Å². The number of carbonyl (C=O) groups is 2. The van der Waals surface area contributed by atoms with Crippen molar-refractivity contribution in [2.75, 3.05) is 19.8 Å². The Balaban J connectivity index is 1.52. The van der Waals surface area contributed by atoms with E-state index in [2.05, 4.69) is 20.8 Å². The van der Waals surface area contributed by atoms with Crippen molar-refractivity contribution < 1.29 is 36.7 Å². The van der Waals surface area contributed by atoms with Crippen LogP contribution in [0.2, 0.25) is 10.0 Å². The Kier molecular flexibility index (Phi) is 8.14. The third-order valence-corrected chi connectivity index (χ3v) is 6.19. The van der Waals surface area contributed by atoms with Gasteiger partial charge in [0.1, 0.15) is 18.2 Å². The van der Waals surface area contributed by atoms with E-state index in [1.165, 1.54) is 31.2 Å². The quantitative estimate of drug-likeness (QED) is 0.387. The average molecular weight is 573 g/mol. The first kappa shape index (κ1) is 27.7. The summed E-state index contributed by atoms with van der Waals surface area (Å²) >= 11 is 12.2. The molecule has 2 aromatic carbocycles. The minimum atomic E-state index is -2.75. The Morgan fingerprint density at radius 1 is 1.18 bits per heavy atom. The zero-order valence-electron chi connectivity index (χ0n) is 20.0. The monoisotopic (exact) mass is 572 g/mol. The summed E-state index contributed by atoms with van der Waals surface area (Å²) in [5.74, 6) is -2.25. The lowest BCUT2D eigenvalue weighted by Gasteiger charge is -2.40. The smallest absolute Gasteiger partial charge is 0.309 e. The van der Waals surface area contributed by atoms with Crippen molar-refractivity contribution in [3.63, 3.8) is 0 Å². The van der Waals surface area contributed by atoms with Crippen molar-refractivity contribution in [2.24, 2.45) is 0 Å². The number of carbonyl (C=O) groups excluding carboxylic acids is 2. The SMILES string of the molecule is Cc1nnc(C(=O)NC2(C(=O)NC(C)c3ccc(-c4cc(Cl)cc(Cl)c4OCC(F)F)cc3F)COC2)o1. The first-order chi connectivity index (χ1) is 18.0. The van der Waals surface area contributed by atoms with E-state index in [0.29, 0.717) is 0 Å². The predicted octanol–water partition coefficient (Wildman–Crippen LogP) is 4.51. The van der Waals surface area contributed by atoms with Crippen molar-refractivity contribution in [1.82, 2.24) is 20.8 Å². The van der Waals surface area contributed by atoms with Gasteiger partial charge in [0, 0.05) is 23.1 Å². The fourth-order valence-electron chi connectivity index (χ4n) is 3.75. The van der Waals surface area contributed by atoms with Crippen molar-refractivity contribution in [1.29, 1.82) is 0 Å². The van der Waals surface area contributed by atoms with E-state index in [-0.39, 0.29) is 57.5 Å². The second kappa shape index (κ2) is 11.2. The molecule has 1 aliphatic rings. The summed E-state index contributed by atoms with van der Waals surface area (Å²) < 4.78 is 56.0. The van der Waals surface area contributed by atoms with Crippen LogP contribution in [0.5, 0.6) is 5.75 Å². The number of halogens is 5. The van der Waals surface area contributed by atoms with Gasteiger partial charge in [0.25, 0.3) is 12.3 Å². The molecular weight excluding hydrogens is 552 g/mol. The molecule has 2 heterocycles. The molecule has 0 spiro atoms. The molecule has 1 unspecified atom stereocenters. The van der Waals surface area contributed by atoms with E-state index >= 15 is 4.39 Å². The number of amides is 2. The van der Waals surface area contributed by atoms with E-state index in [0.717, 1.165) is 6.07 Å². The number of ether oxygens (including phenoxy) is 2. The average Bonchev–Trinajstić information content (AvgIpc) is 3.26. The van der Waals surface area contributed by atoms with Crippen molar-refractivity contribution in [2.45, 2.75) is 31.9 Å². The number of rotatable bonds is 9. The van der Waals surface area contributed by atoms with Crippen LogP contribution in [0.15, 0.2) is 34.7 Å². The summed E-state index contributed by atoms with van der Waals surface area (Å²) in [5, 5.41) is 12.6. The van der Waals surface area contributed by atoms with Gasteiger partial charge in [0.15, 0.2) is 5.54 Å². The molecule has 0 saturated carbocycles. The Hall–Kier alpha value is -3.35. The molecule has 14 heteroatoms. The van der Waals surface area contributed by atoms with Crippen LogP contribution in [0, 0.1) is 12.7 Å². The minimum absolute atomic E-state index is 0.0102. The van der Waals surface area contributed by atoms with E-state index in [9.17, 15) is 18.4 Å². The molecule has 0 aliphatic carbocycles. The zero-order valence-corrected chi connectivity index (χ0v) is 21.5. The van der Waals surface area contributed by atoms with Crippen molar-refractivity contribution in [3.8, 4) is 16.9 Å². The van der Waals surface area contributed by atoms with Gasteiger partial charge in [-0.25, -0.2) is 13.2 Å². The van der Waals surface area contributed by atoms with Crippen molar-refractivity contribution in [3.05, 3.63) is 63.5 Å². The highest BCUT2D eigenvalue weighted by Crippen LogP contribution is 2.40. The molecule has 3 aromatic rings. The van der Waals surface area contributed by atoms with Crippen LogP contribution in [-0.4, -0.2) is 53.8 Å². The summed E-state index contributed by atoms with van der Waals surface area (Å²) in [4.78, 5) is 25.5. The number of nitrogens with zero attached hydrogens (tertiary/aromatic N) is 2. The van der Waals surface area contributed by atoms with Gasteiger partial charge in [-0.2, -0.15) is 0 Å². The lowest BCUT2D eigenvalue weighted by Crippen LogP contribution is -2.70. The van der Waals surface area contributed by atoms with E-state index in [4.69, 9.17) is 37.1 Å². The highest BCUT2D eigenvalue weighted by molar-refractivity contribution is 6.36. The molecule has 1 saturated heterocycles. The predicted molar refractivity (Wildman–Crippen MR) is 130 cm³/mol. The molecule has 1 aromatic heterocycles. The van der Waals surface area contributed by atoms with Gasteiger partial charge in [-0.15, -0.1) is 10.2 Å². The highest BCUT2D eigenvalue weighted by atomic mass is 35.5. The summed E-state index contributed by atoms with van der Waals surface area (Å²) in [7, 11) is 0. The van der Waals surface area contributed by atoms with Gasteiger partial charge >= 0.3 is 11.8 Å². The number of alkyl halides is 2. The maximum atomic E-state index is 15.2. The number of nitrogens with one attached hydrogen (secondary N) is 2. The third-order valence-electron chi connectivity index (χ3n) is 5.69. The first-order valence-electron chi connectivity index (χ1n) is 11.2. The largest absolute Gasteiger partial charge is 0.485 e. The lowest BCUT2D eigenvalue weighted by molar-refractivity contribution is -0.147. The van der Waals surface area contributed by atoms with Crippen LogP contribution in [0.1, 0.15) is 35.1 Å². The summed E-state index contributed by atoms with van der Waals surface area (Å²) in [6, 6.07) is 6.01. The molecule has 4 rings (SSSR count). The van der Waals surface area contributed by atoms with Crippen LogP contribution in [0.25, 0.3) is 11.1 Å². The summed E-state index contributed by atoms with van der Waals surface area (Å²) in [6.07, 6.45) is -2.75. The molecule has 1 atom stereocenters. The van der Waals surface area contributed by atoms with Gasteiger partial charge in [-0.3, -0.25) is 9.59 Å². The highest BCUT2D eigenvalue weighted by Gasteiger charge is 2.48. The molecule has 1 aliphatic heterocycles. The van der Waals surface area contributed by atoms with Crippen LogP contribution >= 0.6 is 23.2 Å². The standard InChI is InChI=1S/C24H21Cl2F3N4O5/c1-11(30-23(35)24(9-36-10-24)31-21(34)22-33-32-12(2)38-22)15-4-3-13(5-18(15)27)16-6-14(25)7-17(26)20(16)37-8-19(28)29/h3-7,11,19H,8-10H2,1-2H3,(H,30,35)(H,31,34). The van der Waals surface area contributed by atoms with Crippen LogP contribution in [0.4, 0.5) is 13.2 Å². The number of hydrogen-bond donors (Lipinski definition) is 2. The second-order valence-electron chi connectivity index (χ2n) is 8.55. The Bertz CT molecular complexity index is 1370. The number of aryl methyl sites for hydroxylation is 1.